The van der Waals surface area contributed by atoms with E-state index in [9.17, 15) is 24.6 Å². The van der Waals surface area contributed by atoms with Crippen LogP contribution < -0.4 is 5.32 Å². The Hall–Kier alpha value is -2.20. The molecule has 3 heterocycles. The van der Waals surface area contributed by atoms with E-state index in [1.807, 2.05) is 39.0 Å². The number of aliphatic hydroxyl groups is 1. The lowest BCUT2D eigenvalue weighted by Gasteiger charge is -2.46. The summed E-state index contributed by atoms with van der Waals surface area (Å²) in [4.78, 5) is 41.1. The number of thioether (sulfide) groups is 1. The normalized spacial score (nSPS) is 30.0. The lowest BCUT2D eigenvalue weighted by atomic mass is 9.79. The van der Waals surface area contributed by atoms with Crippen LogP contribution in [0.3, 0.4) is 0 Å². The molecule has 4 rings (SSSR count). The summed E-state index contributed by atoms with van der Waals surface area (Å²) in [6.07, 6.45) is 0.925. The van der Waals surface area contributed by atoms with E-state index in [1.165, 1.54) is 16.7 Å². The third-order valence-electron chi connectivity index (χ3n) is 7.49. The zero-order valence-electron chi connectivity index (χ0n) is 20.6. The Bertz CT molecular complexity index is 998. The number of hydrogen-bond donors (Lipinski definition) is 3. The summed E-state index contributed by atoms with van der Waals surface area (Å²) in [6.45, 7) is 8.93. The van der Waals surface area contributed by atoms with E-state index >= 15 is 0 Å². The topological polar surface area (TPSA) is 110 Å². The third kappa shape index (κ3) is 4.79. The van der Waals surface area contributed by atoms with Crippen molar-refractivity contribution in [3.8, 4) is 0 Å². The van der Waals surface area contributed by atoms with Gasteiger partial charge in [0.1, 0.15) is 12.0 Å². The predicted molar refractivity (Wildman–Crippen MR) is 134 cm³/mol. The molecule has 3 N–H and O–H groups in total. The summed E-state index contributed by atoms with van der Waals surface area (Å²) in [6, 6.07) is 9.51. The van der Waals surface area contributed by atoms with Crippen LogP contribution in [0.4, 0.5) is 0 Å². The fourth-order valence-corrected chi connectivity index (χ4v) is 7.19. The summed E-state index contributed by atoms with van der Waals surface area (Å²) in [5.41, 5.74) is 1.19. The number of fused-ring (bicyclic) bond motifs is 1. The van der Waals surface area contributed by atoms with Crippen molar-refractivity contribution >= 4 is 29.9 Å². The van der Waals surface area contributed by atoms with E-state index < -0.39 is 18.0 Å². The van der Waals surface area contributed by atoms with Gasteiger partial charge in [-0.2, -0.15) is 0 Å². The highest BCUT2D eigenvalue weighted by Gasteiger charge is 2.60. The predicted octanol–water partition coefficient (Wildman–Crippen LogP) is 2.29. The molecule has 1 aromatic carbocycles. The van der Waals surface area contributed by atoms with Crippen LogP contribution in [0.15, 0.2) is 40.9 Å². The van der Waals surface area contributed by atoms with Crippen LogP contribution in [0.2, 0.25) is 0 Å². The molecule has 1 aromatic rings. The number of β-lactam (4-membered cyclic amide) rings is 1. The maximum atomic E-state index is 12.6. The largest absolute Gasteiger partial charge is 0.477 e. The highest BCUT2D eigenvalue weighted by Crippen LogP contribution is 2.51. The standard InChI is InChI=1S/C26H35N3O5S/c1-14(2)19(13-30)28(12-17-8-6-5-7-9-17)20-10-18(11-27-20)35-24-15(3)22-21(16(4)31)25(32)29(22)23(24)26(33)34/h5-9,13-16,18-22,27,31H,10-12H2,1-4H3,(H,33,34)/t15-,16-,18+,19-,20+,21-,22-/m1/s1. The molecule has 2 saturated heterocycles. The first-order chi connectivity index (χ1) is 16.6. The van der Waals surface area contributed by atoms with Crippen molar-refractivity contribution < 1.29 is 24.6 Å². The van der Waals surface area contributed by atoms with Gasteiger partial charge in [-0.1, -0.05) is 51.1 Å². The van der Waals surface area contributed by atoms with Gasteiger partial charge in [-0.15, -0.1) is 11.8 Å². The number of hydrogen-bond acceptors (Lipinski definition) is 7. The smallest absolute Gasteiger partial charge is 0.353 e. The van der Waals surface area contributed by atoms with Crippen LogP contribution in [-0.2, 0) is 20.9 Å². The lowest BCUT2D eigenvalue weighted by molar-refractivity contribution is -0.163. The van der Waals surface area contributed by atoms with Crippen molar-refractivity contribution in [3.63, 3.8) is 0 Å². The summed E-state index contributed by atoms with van der Waals surface area (Å²) in [7, 11) is 0. The molecular formula is C26H35N3O5S. The van der Waals surface area contributed by atoms with Gasteiger partial charge in [0.05, 0.1) is 30.3 Å². The Labute approximate surface area is 210 Å². The van der Waals surface area contributed by atoms with Gasteiger partial charge in [0.25, 0.3) is 0 Å². The number of carbonyl (C=O) groups excluding carboxylic acids is 2. The first-order valence-corrected chi connectivity index (χ1v) is 13.2. The molecule has 35 heavy (non-hydrogen) atoms. The molecule has 8 nitrogen and oxygen atoms in total. The molecule has 0 spiro atoms. The third-order valence-corrected chi connectivity index (χ3v) is 9.00. The highest BCUT2D eigenvalue weighted by atomic mass is 32.2. The first-order valence-electron chi connectivity index (χ1n) is 12.3. The average molecular weight is 502 g/mol. The molecule has 0 bridgehead atoms. The minimum atomic E-state index is -1.10. The van der Waals surface area contributed by atoms with Gasteiger partial charge in [-0.3, -0.25) is 9.69 Å². The van der Waals surface area contributed by atoms with Crippen LogP contribution in [0.1, 0.15) is 39.7 Å². The van der Waals surface area contributed by atoms with Crippen LogP contribution in [0, 0.1) is 17.8 Å². The average Bonchev–Trinajstić information content (AvgIpc) is 3.35. The van der Waals surface area contributed by atoms with Gasteiger partial charge in [0.15, 0.2) is 0 Å². The number of nitrogens with one attached hydrogen (secondary N) is 1. The Morgan fingerprint density at radius 1 is 1.29 bits per heavy atom. The Kier molecular flexibility index (Phi) is 7.71. The fraction of sp³-hybridized carbons (Fsp3) is 0.577. The molecule has 190 valence electrons. The van der Waals surface area contributed by atoms with E-state index in [0.29, 0.717) is 18.0 Å². The number of aliphatic hydroxyl groups excluding tert-OH is 1. The van der Waals surface area contributed by atoms with Crippen LogP contribution in [0.5, 0.6) is 0 Å². The SMILES string of the molecule is CC(C)[C@@H](C=O)N(Cc1ccccc1)[C@H]1C[C@H](SC2=C(C(=O)O)N3C(=O)[C@H]([C@@H](C)O)[C@H]3[C@H]2C)CN1. The molecule has 0 saturated carbocycles. The maximum absolute atomic E-state index is 12.6. The van der Waals surface area contributed by atoms with E-state index in [1.54, 1.807) is 6.92 Å². The number of carboxylic acids is 1. The van der Waals surface area contributed by atoms with Crippen LogP contribution >= 0.6 is 11.8 Å². The number of nitrogens with zero attached hydrogens (tertiary/aromatic N) is 2. The summed E-state index contributed by atoms with van der Waals surface area (Å²) >= 11 is 1.52. The van der Waals surface area contributed by atoms with Gasteiger partial charge in [-0.25, -0.2) is 4.79 Å². The van der Waals surface area contributed by atoms with Gasteiger partial charge in [0, 0.05) is 29.2 Å². The zero-order valence-corrected chi connectivity index (χ0v) is 21.4. The van der Waals surface area contributed by atoms with Gasteiger partial charge in [0.2, 0.25) is 5.91 Å². The summed E-state index contributed by atoms with van der Waals surface area (Å²) < 4.78 is 0. The number of aliphatic carboxylic acids is 1. The van der Waals surface area contributed by atoms with Crippen molar-refractivity contribution in [2.75, 3.05) is 6.54 Å². The van der Waals surface area contributed by atoms with Crippen LogP contribution in [-0.4, -0.2) is 74.3 Å². The Morgan fingerprint density at radius 2 is 1.97 bits per heavy atom. The summed E-state index contributed by atoms with van der Waals surface area (Å²) in [5.74, 6) is -1.98. The molecule has 2 fully saturated rings. The second-order valence-electron chi connectivity index (χ2n) is 10.2. The quantitative estimate of drug-likeness (QED) is 0.331. The molecular weight excluding hydrogens is 466 g/mol. The van der Waals surface area contributed by atoms with Gasteiger partial charge in [-0.05, 0) is 24.8 Å². The van der Waals surface area contributed by atoms with Crippen molar-refractivity contribution in [3.05, 3.63) is 46.5 Å². The molecule has 0 aromatic heterocycles. The number of aldehydes is 1. The van der Waals surface area contributed by atoms with Crippen molar-refractivity contribution in [2.45, 2.75) is 70.3 Å². The summed E-state index contributed by atoms with van der Waals surface area (Å²) in [5, 5.41) is 23.7. The molecule has 0 unspecified atom stereocenters. The van der Waals surface area contributed by atoms with Crippen molar-refractivity contribution in [1.29, 1.82) is 0 Å². The Morgan fingerprint density at radius 3 is 2.54 bits per heavy atom. The maximum Gasteiger partial charge on any atom is 0.353 e. The monoisotopic (exact) mass is 501 g/mol. The zero-order chi connectivity index (χ0) is 25.4. The van der Waals surface area contributed by atoms with E-state index in [2.05, 4.69) is 22.3 Å². The molecule has 7 atom stereocenters. The molecule has 9 heteroatoms. The molecule has 1 amide bonds. The number of carboxylic acid groups (broad SMARTS) is 1. The number of rotatable bonds is 10. The first kappa shape index (κ1) is 25.9. The van der Waals surface area contributed by atoms with E-state index in [4.69, 9.17) is 0 Å². The second kappa shape index (κ2) is 10.4. The minimum absolute atomic E-state index is 0.0280. The lowest BCUT2D eigenvalue weighted by Crippen LogP contribution is -2.63. The van der Waals surface area contributed by atoms with E-state index in [-0.39, 0.29) is 46.9 Å². The highest BCUT2D eigenvalue weighted by molar-refractivity contribution is 8.03. The fourth-order valence-electron chi connectivity index (χ4n) is 5.72. The minimum Gasteiger partial charge on any atom is -0.477 e. The Balaban J connectivity index is 1.52. The number of carbonyl (C=O) groups is 3. The van der Waals surface area contributed by atoms with E-state index in [0.717, 1.165) is 18.3 Å². The molecule has 3 aliphatic rings. The second-order valence-corrected chi connectivity index (χ2v) is 11.5. The van der Waals surface area contributed by atoms with Crippen molar-refractivity contribution in [1.82, 2.24) is 15.1 Å². The number of amides is 1. The molecule has 0 aliphatic carbocycles. The van der Waals surface area contributed by atoms with Gasteiger partial charge < -0.3 is 25.2 Å². The van der Waals surface area contributed by atoms with Gasteiger partial charge >= 0.3 is 5.97 Å². The van der Waals surface area contributed by atoms with Crippen LogP contribution in [0.25, 0.3) is 0 Å². The van der Waals surface area contributed by atoms with Crippen molar-refractivity contribution in [2.24, 2.45) is 17.8 Å². The number of benzene rings is 1. The molecule has 0 radical (unpaired) electrons. The molecule has 3 aliphatic heterocycles.